The van der Waals surface area contributed by atoms with E-state index in [-0.39, 0.29) is 11.9 Å². The molecular formula is C18H18N8O2. The van der Waals surface area contributed by atoms with E-state index in [2.05, 4.69) is 25.4 Å². The summed E-state index contributed by atoms with van der Waals surface area (Å²) in [6.45, 7) is 0.716. The molecule has 142 valence electrons. The van der Waals surface area contributed by atoms with Gasteiger partial charge < -0.3 is 15.0 Å². The fraction of sp³-hybridized carbons (Fsp3) is 0.278. The molecule has 1 amide bonds. The smallest absolute Gasteiger partial charge is 0.244 e. The molecule has 0 saturated carbocycles. The maximum absolute atomic E-state index is 12.2. The summed E-state index contributed by atoms with van der Waals surface area (Å²) in [5.41, 5.74) is 2.51. The zero-order valence-corrected chi connectivity index (χ0v) is 15.4. The molecule has 1 atom stereocenters. The summed E-state index contributed by atoms with van der Waals surface area (Å²) in [6.07, 6.45) is 9.80. The van der Waals surface area contributed by atoms with Crippen LogP contribution in [0.25, 0.3) is 22.4 Å². The topological polar surface area (TPSA) is 102 Å². The molecule has 0 unspecified atom stereocenters. The standard InChI is InChI=1S/C18H18N8O2/c1-24-6-4-13(16(24)27)21-17-22-15(28-2)14-12(3-7-26(14)23-17)11-9-20-18-19-5-8-25(18)10-11/h3,5,7-10,13H,4,6H2,1-2H3,(H,21,23)/t13-/m0/s1. The fourth-order valence-electron chi connectivity index (χ4n) is 3.50. The molecule has 10 nitrogen and oxygen atoms in total. The Morgan fingerprint density at radius 3 is 2.96 bits per heavy atom. The number of fused-ring (bicyclic) bond motifs is 2. The van der Waals surface area contributed by atoms with Gasteiger partial charge >= 0.3 is 0 Å². The van der Waals surface area contributed by atoms with Crippen LogP contribution >= 0.6 is 0 Å². The number of carbonyl (C=O) groups is 1. The van der Waals surface area contributed by atoms with Gasteiger partial charge in [0.25, 0.3) is 0 Å². The molecule has 0 radical (unpaired) electrons. The van der Waals surface area contributed by atoms with Gasteiger partial charge in [0.2, 0.25) is 23.5 Å². The van der Waals surface area contributed by atoms with E-state index < -0.39 is 0 Å². The molecule has 4 aromatic rings. The number of imidazole rings is 1. The average molecular weight is 378 g/mol. The van der Waals surface area contributed by atoms with Crippen LogP contribution in [0.5, 0.6) is 5.88 Å². The summed E-state index contributed by atoms with van der Waals surface area (Å²) >= 11 is 0. The van der Waals surface area contributed by atoms with Crippen molar-refractivity contribution in [2.75, 3.05) is 26.0 Å². The van der Waals surface area contributed by atoms with Crippen molar-refractivity contribution in [1.29, 1.82) is 0 Å². The molecule has 1 aliphatic heterocycles. The first kappa shape index (κ1) is 16.5. The molecule has 0 bridgehead atoms. The zero-order chi connectivity index (χ0) is 19.3. The molecule has 5 heterocycles. The van der Waals surface area contributed by atoms with Gasteiger partial charge in [-0.15, -0.1) is 5.10 Å². The van der Waals surface area contributed by atoms with E-state index in [0.29, 0.717) is 30.6 Å². The first-order valence-electron chi connectivity index (χ1n) is 8.88. The van der Waals surface area contributed by atoms with Crippen molar-refractivity contribution in [3.63, 3.8) is 0 Å². The number of hydrogen-bond donors (Lipinski definition) is 1. The highest BCUT2D eigenvalue weighted by Gasteiger charge is 2.30. The van der Waals surface area contributed by atoms with Crippen LogP contribution in [0.2, 0.25) is 0 Å². The van der Waals surface area contributed by atoms with E-state index in [1.54, 1.807) is 36.0 Å². The molecule has 1 N–H and O–H groups in total. The lowest BCUT2D eigenvalue weighted by molar-refractivity contribution is -0.127. The first-order valence-corrected chi connectivity index (χ1v) is 8.88. The minimum absolute atomic E-state index is 0.0376. The molecule has 4 aromatic heterocycles. The highest BCUT2D eigenvalue weighted by molar-refractivity contribution is 5.86. The SMILES string of the molecule is COc1nc(N[C@H]2CCN(C)C2=O)nn2ccc(-c3cnc4nccn4c3)c12. The number of likely N-dealkylation sites (N-methyl/N-ethyl adjacent to an activating group) is 1. The van der Waals surface area contributed by atoms with E-state index in [1.165, 1.54) is 0 Å². The molecule has 1 saturated heterocycles. The largest absolute Gasteiger partial charge is 0.479 e. The number of hydrogen-bond acceptors (Lipinski definition) is 7. The maximum Gasteiger partial charge on any atom is 0.244 e. The average Bonchev–Trinajstić information content (AvgIpc) is 3.42. The molecule has 10 heteroatoms. The number of anilines is 1. The number of methoxy groups -OCH3 is 1. The summed E-state index contributed by atoms with van der Waals surface area (Å²) < 4.78 is 9.08. The lowest BCUT2D eigenvalue weighted by Gasteiger charge is -2.13. The second-order valence-electron chi connectivity index (χ2n) is 6.69. The van der Waals surface area contributed by atoms with E-state index in [1.807, 2.05) is 29.1 Å². The normalized spacial score (nSPS) is 17.0. The Hall–Kier alpha value is -3.69. The summed E-state index contributed by atoms with van der Waals surface area (Å²) in [7, 11) is 3.35. The number of nitrogens with zero attached hydrogens (tertiary/aromatic N) is 7. The second kappa shape index (κ2) is 6.19. The Bertz CT molecular complexity index is 1200. The van der Waals surface area contributed by atoms with Gasteiger partial charge in [-0.1, -0.05) is 0 Å². The van der Waals surface area contributed by atoms with Crippen molar-refractivity contribution in [1.82, 2.24) is 33.9 Å². The Balaban J connectivity index is 1.56. The Morgan fingerprint density at radius 1 is 1.29 bits per heavy atom. The van der Waals surface area contributed by atoms with Gasteiger partial charge in [-0.2, -0.15) is 4.98 Å². The van der Waals surface area contributed by atoms with Gasteiger partial charge in [0, 0.05) is 55.7 Å². The summed E-state index contributed by atoms with van der Waals surface area (Å²) in [4.78, 5) is 26.9. The number of carbonyl (C=O) groups excluding carboxylic acids is 1. The van der Waals surface area contributed by atoms with E-state index in [9.17, 15) is 4.79 Å². The van der Waals surface area contributed by atoms with Gasteiger partial charge in [0.15, 0.2) is 0 Å². The number of rotatable bonds is 4. The Labute approximate surface area is 159 Å². The third-order valence-electron chi connectivity index (χ3n) is 4.96. The quantitative estimate of drug-likeness (QED) is 0.567. The van der Waals surface area contributed by atoms with Gasteiger partial charge in [-0.3, -0.25) is 9.20 Å². The van der Waals surface area contributed by atoms with Crippen LogP contribution in [-0.4, -0.2) is 66.5 Å². The van der Waals surface area contributed by atoms with E-state index in [0.717, 1.165) is 16.6 Å². The summed E-state index contributed by atoms with van der Waals surface area (Å²) in [6, 6.07) is 1.61. The molecule has 1 aliphatic rings. The second-order valence-corrected chi connectivity index (χ2v) is 6.69. The van der Waals surface area contributed by atoms with Crippen LogP contribution in [0.3, 0.4) is 0 Å². The molecule has 0 aromatic carbocycles. The lowest BCUT2D eigenvalue weighted by atomic mass is 10.1. The van der Waals surface area contributed by atoms with Gasteiger partial charge in [-0.05, 0) is 12.5 Å². The van der Waals surface area contributed by atoms with E-state index in [4.69, 9.17) is 4.74 Å². The third kappa shape index (κ3) is 2.53. The van der Waals surface area contributed by atoms with Crippen LogP contribution in [0, 0.1) is 0 Å². The van der Waals surface area contributed by atoms with Crippen LogP contribution in [-0.2, 0) is 4.79 Å². The van der Waals surface area contributed by atoms with Crippen molar-refractivity contribution < 1.29 is 9.53 Å². The highest BCUT2D eigenvalue weighted by Crippen LogP contribution is 2.31. The maximum atomic E-state index is 12.2. The molecule has 0 spiro atoms. The molecule has 0 aliphatic carbocycles. The van der Waals surface area contributed by atoms with Crippen LogP contribution in [0.15, 0.2) is 37.1 Å². The monoisotopic (exact) mass is 378 g/mol. The Morgan fingerprint density at radius 2 is 2.18 bits per heavy atom. The molecule has 1 fully saturated rings. The van der Waals surface area contributed by atoms with Crippen molar-refractivity contribution in [3.05, 3.63) is 37.1 Å². The van der Waals surface area contributed by atoms with Crippen molar-refractivity contribution in [3.8, 4) is 17.0 Å². The predicted molar refractivity (Wildman–Crippen MR) is 101 cm³/mol. The van der Waals surface area contributed by atoms with Gasteiger partial charge in [0.1, 0.15) is 11.6 Å². The number of aromatic nitrogens is 6. The van der Waals surface area contributed by atoms with Gasteiger partial charge in [-0.25, -0.2) is 14.5 Å². The summed E-state index contributed by atoms with van der Waals surface area (Å²) in [5, 5.41) is 7.63. The van der Waals surface area contributed by atoms with Crippen LogP contribution in [0.4, 0.5) is 5.95 Å². The van der Waals surface area contributed by atoms with Gasteiger partial charge in [0.05, 0.1) is 7.11 Å². The Kier molecular flexibility index (Phi) is 3.64. The number of ether oxygens (including phenoxy) is 1. The minimum atomic E-state index is -0.324. The molecule has 28 heavy (non-hydrogen) atoms. The fourth-order valence-corrected chi connectivity index (χ4v) is 3.50. The molecule has 5 rings (SSSR count). The van der Waals surface area contributed by atoms with E-state index >= 15 is 0 Å². The van der Waals surface area contributed by atoms with Crippen LogP contribution in [0.1, 0.15) is 6.42 Å². The number of likely N-dealkylation sites (tertiary alicyclic amines) is 1. The van der Waals surface area contributed by atoms with Crippen molar-refractivity contribution in [2.24, 2.45) is 0 Å². The third-order valence-corrected chi connectivity index (χ3v) is 4.96. The van der Waals surface area contributed by atoms with Crippen molar-refractivity contribution >= 4 is 23.1 Å². The van der Waals surface area contributed by atoms with Crippen molar-refractivity contribution in [2.45, 2.75) is 12.5 Å². The number of nitrogens with one attached hydrogen (secondary N) is 1. The zero-order valence-electron chi connectivity index (χ0n) is 15.4. The minimum Gasteiger partial charge on any atom is -0.479 e. The predicted octanol–water partition coefficient (Wildman–Crippen LogP) is 1.09. The molecular weight excluding hydrogens is 360 g/mol. The highest BCUT2D eigenvalue weighted by atomic mass is 16.5. The lowest BCUT2D eigenvalue weighted by Crippen LogP contribution is -2.31. The van der Waals surface area contributed by atoms with Crippen LogP contribution < -0.4 is 10.1 Å². The first-order chi connectivity index (χ1) is 13.6. The summed E-state index contributed by atoms with van der Waals surface area (Å²) in [5.74, 6) is 1.44. The number of amides is 1.